The molecule has 0 heterocycles. The fourth-order valence-electron chi connectivity index (χ4n) is 4.74. The second kappa shape index (κ2) is 9.64. The second-order valence-corrected chi connectivity index (χ2v) is 8.82. The molecule has 1 aliphatic carbocycles. The molecule has 1 aliphatic rings. The number of benzene rings is 3. The predicted octanol–water partition coefficient (Wildman–Crippen LogP) is 6.87. The van der Waals surface area contributed by atoms with Gasteiger partial charge in [0.05, 0.1) is 18.6 Å². The molecule has 1 N–H and O–H groups in total. The van der Waals surface area contributed by atoms with Crippen molar-refractivity contribution in [1.82, 2.24) is 0 Å². The van der Waals surface area contributed by atoms with Crippen LogP contribution >= 0.6 is 0 Å². The number of ether oxygens (including phenoxy) is 2. The maximum absolute atomic E-state index is 13.8. The summed E-state index contributed by atoms with van der Waals surface area (Å²) in [6.45, 7) is 4.19. The number of methoxy groups -OCH3 is 1. The molecular formula is C28H33NO3. The molecule has 1 fully saturated rings. The topological polar surface area (TPSA) is 47.6 Å². The molecule has 3 aromatic rings. The van der Waals surface area contributed by atoms with Crippen LogP contribution in [-0.2, 0) is 10.2 Å². The van der Waals surface area contributed by atoms with Crippen molar-refractivity contribution in [2.24, 2.45) is 0 Å². The number of carbonyl (C=O) groups excluding carboxylic acids is 1. The van der Waals surface area contributed by atoms with E-state index in [-0.39, 0.29) is 12.0 Å². The molecule has 0 aliphatic heterocycles. The van der Waals surface area contributed by atoms with Crippen LogP contribution in [0.25, 0.3) is 10.8 Å². The van der Waals surface area contributed by atoms with Gasteiger partial charge in [-0.25, -0.2) is 0 Å². The molecule has 4 heteroatoms. The highest BCUT2D eigenvalue weighted by Crippen LogP contribution is 2.42. The van der Waals surface area contributed by atoms with E-state index in [9.17, 15) is 4.79 Å². The predicted molar refractivity (Wildman–Crippen MR) is 131 cm³/mol. The highest BCUT2D eigenvalue weighted by atomic mass is 16.5. The summed E-state index contributed by atoms with van der Waals surface area (Å²) in [6.07, 6.45) is 6.09. The Morgan fingerprint density at radius 2 is 1.66 bits per heavy atom. The van der Waals surface area contributed by atoms with Gasteiger partial charge in [0.2, 0.25) is 5.91 Å². The molecule has 168 valence electrons. The summed E-state index contributed by atoms with van der Waals surface area (Å²) in [4.78, 5) is 13.8. The Morgan fingerprint density at radius 3 is 2.31 bits per heavy atom. The van der Waals surface area contributed by atoms with Gasteiger partial charge >= 0.3 is 0 Å². The Balaban J connectivity index is 1.68. The van der Waals surface area contributed by atoms with E-state index in [1.165, 1.54) is 6.42 Å². The standard InChI is InChI=1S/C28H33NO3/c1-4-20(2)32-26-17-16-25(23-10-6-7-11-24(23)26)29-27(30)28(18-8-5-9-19-28)21-12-14-22(31-3)15-13-21/h6-7,10-17,20H,4-5,8-9,18-19H2,1-3H3,(H,29,30). The third-order valence-corrected chi connectivity index (χ3v) is 6.82. The maximum atomic E-state index is 13.8. The average Bonchev–Trinajstić information content (AvgIpc) is 2.85. The molecule has 1 amide bonds. The summed E-state index contributed by atoms with van der Waals surface area (Å²) in [5, 5.41) is 5.31. The minimum atomic E-state index is -0.516. The van der Waals surface area contributed by atoms with Gasteiger partial charge in [0, 0.05) is 16.5 Å². The lowest BCUT2D eigenvalue weighted by atomic mass is 9.68. The van der Waals surface area contributed by atoms with Crippen molar-refractivity contribution >= 4 is 22.4 Å². The van der Waals surface area contributed by atoms with E-state index in [1.54, 1.807) is 7.11 Å². The molecule has 4 rings (SSSR count). The first-order valence-electron chi connectivity index (χ1n) is 11.7. The van der Waals surface area contributed by atoms with Gasteiger partial charge in [-0.15, -0.1) is 0 Å². The second-order valence-electron chi connectivity index (χ2n) is 8.82. The van der Waals surface area contributed by atoms with Crippen LogP contribution < -0.4 is 14.8 Å². The van der Waals surface area contributed by atoms with Crippen molar-refractivity contribution in [1.29, 1.82) is 0 Å². The van der Waals surface area contributed by atoms with Crippen molar-refractivity contribution < 1.29 is 14.3 Å². The number of hydrogen-bond acceptors (Lipinski definition) is 3. The summed E-state index contributed by atoms with van der Waals surface area (Å²) < 4.78 is 11.5. The molecular weight excluding hydrogens is 398 g/mol. The van der Waals surface area contributed by atoms with Crippen LogP contribution in [-0.4, -0.2) is 19.1 Å². The lowest BCUT2D eigenvalue weighted by Gasteiger charge is -2.36. The Hall–Kier alpha value is -3.01. The SMILES string of the molecule is CCC(C)Oc1ccc(NC(=O)C2(c3ccc(OC)cc3)CCCCC2)c2ccccc12. The van der Waals surface area contributed by atoms with Gasteiger partial charge in [0.15, 0.2) is 0 Å². The van der Waals surface area contributed by atoms with E-state index in [2.05, 4.69) is 31.3 Å². The van der Waals surface area contributed by atoms with Crippen molar-refractivity contribution in [3.63, 3.8) is 0 Å². The quantitative estimate of drug-likeness (QED) is 0.444. The van der Waals surface area contributed by atoms with Crippen LogP contribution in [0, 0.1) is 0 Å². The summed E-state index contributed by atoms with van der Waals surface area (Å²) in [5.41, 5.74) is 1.38. The molecule has 0 radical (unpaired) electrons. The monoisotopic (exact) mass is 431 g/mol. The van der Waals surface area contributed by atoms with E-state index < -0.39 is 5.41 Å². The summed E-state index contributed by atoms with van der Waals surface area (Å²) >= 11 is 0. The third-order valence-electron chi connectivity index (χ3n) is 6.82. The fraction of sp³-hybridized carbons (Fsp3) is 0.393. The number of nitrogens with one attached hydrogen (secondary N) is 1. The number of fused-ring (bicyclic) bond motifs is 1. The van der Waals surface area contributed by atoms with E-state index in [0.29, 0.717) is 0 Å². The van der Waals surface area contributed by atoms with E-state index in [0.717, 1.165) is 65.6 Å². The number of hydrogen-bond donors (Lipinski definition) is 1. The summed E-state index contributed by atoms with van der Waals surface area (Å²) in [5.74, 6) is 1.74. The molecule has 1 unspecified atom stereocenters. The van der Waals surface area contributed by atoms with E-state index >= 15 is 0 Å². The Labute approximate surface area is 190 Å². The first-order valence-corrected chi connectivity index (χ1v) is 11.7. The number of amides is 1. The van der Waals surface area contributed by atoms with E-state index in [4.69, 9.17) is 9.47 Å². The van der Waals surface area contributed by atoms with Crippen LogP contribution in [0.3, 0.4) is 0 Å². The maximum Gasteiger partial charge on any atom is 0.235 e. The molecule has 1 saturated carbocycles. The van der Waals surface area contributed by atoms with Gasteiger partial charge in [0.1, 0.15) is 11.5 Å². The lowest BCUT2D eigenvalue weighted by molar-refractivity contribution is -0.122. The van der Waals surface area contributed by atoms with Crippen LogP contribution in [0.4, 0.5) is 5.69 Å². The van der Waals surface area contributed by atoms with Gasteiger partial charge in [-0.05, 0) is 56.0 Å². The molecule has 0 saturated heterocycles. The van der Waals surface area contributed by atoms with Crippen LogP contribution in [0.1, 0.15) is 57.9 Å². The Morgan fingerprint density at radius 1 is 0.969 bits per heavy atom. The largest absolute Gasteiger partial charge is 0.497 e. The molecule has 0 aromatic heterocycles. The minimum Gasteiger partial charge on any atom is -0.497 e. The summed E-state index contributed by atoms with van der Waals surface area (Å²) in [6, 6.07) is 20.1. The van der Waals surface area contributed by atoms with Crippen LogP contribution in [0.2, 0.25) is 0 Å². The zero-order chi connectivity index (χ0) is 22.6. The lowest BCUT2D eigenvalue weighted by Crippen LogP contribution is -2.42. The smallest absolute Gasteiger partial charge is 0.235 e. The molecule has 4 nitrogen and oxygen atoms in total. The van der Waals surface area contributed by atoms with Crippen molar-refractivity contribution in [2.45, 2.75) is 63.9 Å². The van der Waals surface area contributed by atoms with Gasteiger partial charge in [-0.3, -0.25) is 4.79 Å². The normalized spacial score (nSPS) is 16.3. The minimum absolute atomic E-state index is 0.0723. The van der Waals surface area contributed by atoms with Crippen LogP contribution in [0.5, 0.6) is 11.5 Å². The first-order chi connectivity index (χ1) is 15.6. The first kappa shape index (κ1) is 22.2. The number of anilines is 1. The van der Waals surface area contributed by atoms with Gasteiger partial charge < -0.3 is 14.8 Å². The Bertz CT molecular complexity index is 1070. The van der Waals surface area contributed by atoms with Crippen LogP contribution in [0.15, 0.2) is 60.7 Å². The Kier molecular flexibility index (Phi) is 6.69. The van der Waals surface area contributed by atoms with Gasteiger partial charge in [0.25, 0.3) is 0 Å². The summed E-state index contributed by atoms with van der Waals surface area (Å²) in [7, 11) is 1.66. The van der Waals surface area contributed by atoms with Crippen molar-refractivity contribution in [3.8, 4) is 11.5 Å². The molecule has 3 aromatic carbocycles. The zero-order valence-corrected chi connectivity index (χ0v) is 19.3. The highest BCUT2D eigenvalue weighted by molar-refractivity contribution is 6.07. The number of rotatable bonds is 7. The van der Waals surface area contributed by atoms with E-state index in [1.807, 2.05) is 48.5 Å². The fourth-order valence-corrected chi connectivity index (χ4v) is 4.74. The average molecular weight is 432 g/mol. The third kappa shape index (κ3) is 4.32. The van der Waals surface area contributed by atoms with Crippen molar-refractivity contribution in [2.75, 3.05) is 12.4 Å². The highest BCUT2D eigenvalue weighted by Gasteiger charge is 2.41. The molecule has 32 heavy (non-hydrogen) atoms. The number of carbonyl (C=O) groups is 1. The van der Waals surface area contributed by atoms with Gasteiger partial charge in [-0.2, -0.15) is 0 Å². The zero-order valence-electron chi connectivity index (χ0n) is 19.3. The van der Waals surface area contributed by atoms with Crippen molar-refractivity contribution in [3.05, 3.63) is 66.2 Å². The van der Waals surface area contributed by atoms with Gasteiger partial charge in [-0.1, -0.05) is 62.6 Å². The molecule has 0 bridgehead atoms. The molecule has 1 atom stereocenters. The molecule has 0 spiro atoms.